The van der Waals surface area contributed by atoms with Gasteiger partial charge in [0, 0.05) is 39.7 Å². The zero-order valence-electron chi connectivity index (χ0n) is 20.0. The molecule has 5 aromatic carbocycles. The first kappa shape index (κ1) is 22.9. The molecule has 0 N–H and O–H groups in total. The lowest BCUT2D eigenvalue weighted by molar-refractivity contribution is 0.112. The van der Waals surface area contributed by atoms with Crippen molar-refractivity contribution in [2.75, 3.05) is 16.9 Å². The fourth-order valence-corrected chi connectivity index (χ4v) is 4.23. The molecule has 0 bridgehead atoms. The van der Waals surface area contributed by atoms with Crippen molar-refractivity contribution >= 4 is 40.4 Å². The lowest BCUT2D eigenvalue weighted by Crippen LogP contribution is -2.12. The van der Waals surface area contributed by atoms with Crippen molar-refractivity contribution in [3.63, 3.8) is 0 Å². The molecule has 4 heteroatoms. The van der Waals surface area contributed by atoms with Crippen LogP contribution in [0, 0.1) is 0 Å². The quantitative estimate of drug-likeness (QED) is 0.213. The molecule has 0 unspecified atom stereocenters. The van der Waals surface area contributed by atoms with E-state index in [0.717, 1.165) is 46.2 Å². The third-order valence-electron chi connectivity index (χ3n) is 6.01. The summed E-state index contributed by atoms with van der Waals surface area (Å²) in [6, 6.07) is 44.7. The third kappa shape index (κ3) is 4.84. The molecule has 4 nitrogen and oxygen atoms in total. The normalized spacial score (nSPS) is 10.5. The van der Waals surface area contributed by atoms with Crippen molar-refractivity contribution in [2.45, 2.75) is 0 Å². The molecule has 0 fully saturated rings. The minimum atomic E-state index is 0.653. The molecule has 0 spiro atoms. The van der Waals surface area contributed by atoms with Gasteiger partial charge < -0.3 is 14.5 Å². The Bertz CT molecular complexity index is 1400. The van der Waals surface area contributed by atoms with Gasteiger partial charge in [0.25, 0.3) is 0 Å². The van der Waals surface area contributed by atoms with Crippen molar-refractivity contribution in [2.24, 2.45) is 0 Å². The van der Waals surface area contributed by atoms with Gasteiger partial charge in [0.2, 0.25) is 0 Å². The summed E-state index contributed by atoms with van der Waals surface area (Å²) in [5, 5.41) is 0. The summed E-state index contributed by atoms with van der Waals surface area (Å²) in [7, 11) is 1.67. The van der Waals surface area contributed by atoms with E-state index >= 15 is 0 Å². The topological polar surface area (TPSA) is 32.8 Å². The summed E-state index contributed by atoms with van der Waals surface area (Å²) in [5.41, 5.74) is 6.85. The second-order valence-electron chi connectivity index (χ2n) is 8.27. The number of hydrogen-bond donors (Lipinski definition) is 0. The first-order valence-electron chi connectivity index (χ1n) is 11.8. The van der Waals surface area contributed by atoms with Crippen LogP contribution in [-0.2, 0) is 0 Å². The highest BCUT2D eigenvalue weighted by Gasteiger charge is 2.15. The standard InChI is InChI=1S/C32H26N2O2/c1-36-32-22-20-31(21-23-32)34(27-10-6-3-7-11-27)30-18-16-29(17-19-30)33(26-8-4-2-5-9-26)28-14-12-25(24-35)13-15-28/h2-24H,1H3. The lowest BCUT2D eigenvalue weighted by Gasteiger charge is -2.28. The number of benzene rings is 5. The largest absolute Gasteiger partial charge is 0.497 e. The number of aldehydes is 1. The molecule has 5 rings (SSSR count). The average Bonchev–Trinajstić information content (AvgIpc) is 2.96. The van der Waals surface area contributed by atoms with Crippen LogP contribution in [0.1, 0.15) is 10.4 Å². The van der Waals surface area contributed by atoms with E-state index in [4.69, 9.17) is 4.74 Å². The number of hydrogen-bond acceptors (Lipinski definition) is 4. The third-order valence-corrected chi connectivity index (χ3v) is 6.01. The minimum absolute atomic E-state index is 0.653. The van der Waals surface area contributed by atoms with Crippen LogP contribution in [0.2, 0.25) is 0 Å². The van der Waals surface area contributed by atoms with Gasteiger partial charge in [-0.3, -0.25) is 4.79 Å². The highest BCUT2D eigenvalue weighted by molar-refractivity contribution is 5.82. The van der Waals surface area contributed by atoms with Crippen LogP contribution in [0.5, 0.6) is 5.75 Å². The van der Waals surface area contributed by atoms with E-state index in [2.05, 4.69) is 70.5 Å². The SMILES string of the molecule is COc1ccc(N(c2ccccc2)c2ccc(N(c3ccccc3)c3ccc(C=O)cc3)cc2)cc1. The van der Waals surface area contributed by atoms with Gasteiger partial charge in [-0.15, -0.1) is 0 Å². The van der Waals surface area contributed by atoms with Crippen LogP contribution in [0.3, 0.4) is 0 Å². The maximum Gasteiger partial charge on any atom is 0.150 e. The smallest absolute Gasteiger partial charge is 0.150 e. The Morgan fingerprint density at radius 1 is 0.472 bits per heavy atom. The second-order valence-corrected chi connectivity index (χ2v) is 8.27. The monoisotopic (exact) mass is 470 g/mol. The minimum Gasteiger partial charge on any atom is -0.497 e. The summed E-state index contributed by atoms with van der Waals surface area (Å²) in [5.74, 6) is 0.821. The number of rotatable bonds is 8. The fourth-order valence-electron chi connectivity index (χ4n) is 4.23. The molecule has 0 atom stereocenters. The van der Waals surface area contributed by atoms with Gasteiger partial charge in [0.1, 0.15) is 12.0 Å². The van der Waals surface area contributed by atoms with E-state index < -0.39 is 0 Å². The number of para-hydroxylation sites is 2. The fraction of sp³-hybridized carbons (Fsp3) is 0.0312. The van der Waals surface area contributed by atoms with Gasteiger partial charge in [-0.2, -0.15) is 0 Å². The lowest BCUT2D eigenvalue weighted by atomic mass is 10.1. The van der Waals surface area contributed by atoms with Crippen molar-refractivity contribution in [3.8, 4) is 5.75 Å². The second kappa shape index (κ2) is 10.6. The van der Waals surface area contributed by atoms with Gasteiger partial charge in [0.05, 0.1) is 7.11 Å². The van der Waals surface area contributed by atoms with E-state index in [-0.39, 0.29) is 0 Å². The zero-order chi connectivity index (χ0) is 24.7. The van der Waals surface area contributed by atoms with Gasteiger partial charge in [-0.05, 0) is 97.1 Å². The number of methoxy groups -OCH3 is 1. The molecule has 0 amide bonds. The van der Waals surface area contributed by atoms with Crippen LogP contribution in [0.15, 0.2) is 133 Å². The number of nitrogens with zero attached hydrogens (tertiary/aromatic N) is 2. The van der Waals surface area contributed by atoms with Gasteiger partial charge >= 0.3 is 0 Å². The van der Waals surface area contributed by atoms with Gasteiger partial charge in [0.15, 0.2) is 0 Å². The number of carbonyl (C=O) groups is 1. The summed E-state index contributed by atoms with van der Waals surface area (Å²) < 4.78 is 5.36. The molecule has 0 aromatic heterocycles. The van der Waals surface area contributed by atoms with E-state index in [0.29, 0.717) is 5.56 Å². The summed E-state index contributed by atoms with van der Waals surface area (Å²) in [4.78, 5) is 15.6. The van der Waals surface area contributed by atoms with E-state index in [1.165, 1.54) is 0 Å². The van der Waals surface area contributed by atoms with Crippen molar-refractivity contribution in [3.05, 3.63) is 139 Å². The molecule has 176 valence electrons. The van der Waals surface area contributed by atoms with E-state index in [1.807, 2.05) is 72.8 Å². The maximum atomic E-state index is 11.2. The molecular weight excluding hydrogens is 444 g/mol. The molecule has 0 saturated heterocycles. The Kier molecular flexibility index (Phi) is 6.77. The molecule has 5 aromatic rings. The maximum absolute atomic E-state index is 11.2. The van der Waals surface area contributed by atoms with Crippen molar-refractivity contribution in [1.82, 2.24) is 0 Å². The number of carbonyl (C=O) groups excluding carboxylic acids is 1. The van der Waals surface area contributed by atoms with Crippen LogP contribution in [-0.4, -0.2) is 13.4 Å². The van der Waals surface area contributed by atoms with Crippen molar-refractivity contribution < 1.29 is 9.53 Å². The first-order chi connectivity index (χ1) is 17.8. The zero-order valence-corrected chi connectivity index (χ0v) is 20.0. The summed E-state index contributed by atoms with van der Waals surface area (Å²) >= 11 is 0. The Morgan fingerprint density at radius 2 is 0.806 bits per heavy atom. The number of ether oxygens (including phenoxy) is 1. The molecule has 0 heterocycles. The molecular formula is C32H26N2O2. The summed E-state index contributed by atoms with van der Waals surface area (Å²) in [6.45, 7) is 0. The average molecular weight is 471 g/mol. The van der Waals surface area contributed by atoms with Crippen molar-refractivity contribution in [1.29, 1.82) is 0 Å². The van der Waals surface area contributed by atoms with E-state index in [9.17, 15) is 4.79 Å². The van der Waals surface area contributed by atoms with Crippen LogP contribution < -0.4 is 14.5 Å². The van der Waals surface area contributed by atoms with Crippen LogP contribution in [0.4, 0.5) is 34.1 Å². The first-order valence-corrected chi connectivity index (χ1v) is 11.8. The Hall–Kier alpha value is -4.83. The Labute approximate surface area is 211 Å². The predicted octanol–water partition coefficient (Wildman–Crippen LogP) is 8.45. The highest BCUT2D eigenvalue weighted by atomic mass is 16.5. The number of anilines is 6. The summed E-state index contributed by atoms with van der Waals surface area (Å²) in [6.07, 6.45) is 0.864. The molecule has 0 aliphatic carbocycles. The van der Waals surface area contributed by atoms with Gasteiger partial charge in [-0.1, -0.05) is 36.4 Å². The predicted molar refractivity (Wildman–Crippen MR) is 148 cm³/mol. The molecule has 36 heavy (non-hydrogen) atoms. The highest BCUT2D eigenvalue weighted by Crippen LogP contribution is 2.39. The molecule has 0 saturated carbocycles. The Morgan fingerprint density at radius 3 is 1.17 bits per heavy atom. The van der Waals surface area contributed by atoms with Crippen LogP contribution >= 0.6 is 0 Å². The Balaban J connectivity index is 1.56. The molecule has 0 aliphatic rings. The molecule has 0 aliphatic heterocycles. The van der Waals surface area contributed by atoms with Crippen LogP contribution in [0.25, 0.3) is 0 Å². The molecule has 0 radical (unpaired) electrons. The van der Waals surface area contributed by atoms with Gasteiger partial charge in [-0.25, -0.2) is 0 Å². The van der Waals surface area contributed by atoms with E-state index in [1.54, 1.807) is 7.11 Å².